The molecule has 2 aromatic rings. The summed E-state index contributed by atoms with van der Waals surface area (Å²) >= 11 is 0. The van der Waals surface area contributed by atoms with Gasteiger partial charge in [-0.3, -0.25) is 9.59 Å². The number of rotatable bonds is 8. The summed E-state index contributed by atoms with van der Waals surface area (Å²) in [6.07, 6.45) is -0.110. The van der Waals surface area contributed by atoms with E-state index in [1.54, 1.807) is 29.2 Å². The van der Waals surface area contributed by atoms with Gasteiger partial charge in [0.2, 0.25) is 0 Å². The van der Waals surface area contributed by atoms with E-state index in [1.165, 1.54) is 0 Å². The lowest BCUT2D eigenvalue weighted by atomic mass is 10.1. The molecule has 0 saturated carbocycles. The fourth-order valence-electron chi connectivity index (χ4n) is 2.66. The van der Waals surface area contributed by atoms with Crippen molar-refractivity contribution in [3.8, 4) is 5.75 Å². The molecule has 1 N–H and O–H groups in total. The van der Waals surface area contributed by atoms with Gasteiger partial charge in [-0.05, 0) is 44.5 Å². The Hall–Kier alpha value is -2.82. The van der Waals surface area contributed by atoms with Gasteiger partial charge in [0, 0.05) is 13.1 Å². The second kappa shape index (κ2) is 9.61. The zero-order chi connectivity index (χ0) is 18.9. The van der Waals surface area contributed by atoms with E-state index in [2.05, 4.69) is 5.32 Å². The van der Waals surface area contributed by atoms with Gasteiger partial charge < -0.3 is 15.0 Å². The molecule has 0 spiro atoms. The Balaban J connectivity index is 2.16. The maximum atomic E-state index is 12.7. The van der Waals surface area contributed by atoms with Crippen molar-refractivity contribution in [2.45, 2.75) is 33.3 Å². The second-order valence-corrected chi connectivity index (χ2v) is 5.84. The molecule has 5 heteroatoms. The lowest BCUT2D eigenvalue weighted by molar-refractivity contribution is -0.122. The first-order chi connectivity index (χ1) is 12.6. The number of hydrogen-bond acceptors (Lipinski definition) is 3. The van der Waals surface area contributed by atoms with Crippen molar-refractivity contribution in [2.75, 3.05) is 18.4 Å². The zero-order valence-corrected chi connectivity index (χ0v) is 15.6. The smallest absolute Gasteiger partial charge is 0.265 e. The number of hydrogen-bond donors (Lipinski definition) is 1. The highest BCUT2D eigenvalue weighted by Crippen LogP contribution is 2.19. The van der Waals surface area contributed by atoms with E-state index in [-0.39, 0.29) is 11.8 Å². The summed E-state index contributed by atoms with van der Waals surface area (Å²) < 4.78 is 5.78. The Morgan fingerprint density at radius 3 is 2.19 bits per heavy atom. The van der Waals surface area contributed by atoms with Crippen molar-refractivity contribution in [2.24, 2.45) is 0 Å². The van der Waals surface area contributed by atoms with Crippen LogP contribution in [0.25, 0.3) is 0 Å². The van der Waals surface area contributed by atoms with E-state index in [0.717, 1.165) is 0 Å². The Morgan fingerprint density at radius 1 is 0.962 bits per heavy atom. The molecule has 0 aliphatic carbocycles. The Morgan fingerprint density at radius 2 is 1.58 bits per heavy atom. The number of nitrogens with zero attached hydrogens (tertiary/aromatic N) is 1. The van der Waals surface area contributed by atoms with Crippen LogP contribution in [0.3, 0.4) is 0 Å². The normalized spacial score (nSPS) is 11.5. The topological polar surface area (TPSA) is 58.6 Å². The van der Waals surface area contributed by atoms with Crippen LogP contribution in [0.5, 0.6) is 5.75 Å². The molecule has 2 rings (SSSR count). The van der Waals surface area contributed by atoms with Gasteiger partial charge in [-0.15, -0.1) is 0 Å². The SMILES string of the molecule is CC[C@@H](Oc1ccccc1)C(=O)Nc1ccccc1C(=O)N(CC)CC. The molecule has 5 nitrogen and oxygen atoms in total. The molecule has 0 unspecified atom stereocenters. The van der Waals surface area contributed by atoms with Crippen molar-refractivity contribution in [3.63, 3.8) is 0 Å². The average molecular weight is 354 g/mol. The summed E-state index contributed by atoms with van der Waals surface area (Å²) in [4.78, 5) is 27.1. The van der Waals surface area contributed by atoms with Crippen LogP contribution in [-0.4, -0.2) is 35.9 Å². The molecule has 26 heavy (non-hydrogen) atoms. The molecule has 2 aromatic carbocycles. The summed E-state index contributed by atoms with van der Waals surface area (Å²) in [7, 11) is 0. The molecule has 0 radical (unpaired) electrons. The number of carbonyl (C=O) groups excluding carboxylic acids is 2. The summed E-state index contributed by atoms with van der Waals surface area (Å²) in [6.45, 7) is 6.99. The van der Waals surface area contributed by atoms with Crippen LogP contribution in [0, 0.1) is 0 Å². The number of nitrogens with one attached hydrogen (secondary N) is 1. The van der Waals surface area contributed by atoms with Gasteiger partial charge in [0.25, 0.3) is 11.8 Å². The third-order valence-electron chi connectivity index (χ3n) is 4.15. The van der Waals surface area contributed by atoms with E-state index in [9.17, 15) is 9.59 Å². The number of para-hydroxylation sites is 2. The van der Waals surface area contributed by atoms with Gasteiger partial charge >= 0.3 is 0 Å². The molecule has 0 aromatic heterocycles. The lowest BCUT2D eigenvalue weighted by Gasteiger charge is -2.22. The third-order valence-corrected chi connectivity index (χ3v) is 4.15. The first-order valence-corrected chi connectivity index (χ1v) is 9.01. The van der Waals surface area contributed by atoms with Gasteiger partial charge in [0.1, 0.15) is 5.75 Å². The van der Waals surface area contributed by atoms with Crippen LogP contribution >= 0.6 is 0 Å². The molecule has 0 aliphatic rings. The monoisotopic (exact) mass is 354 g/mol. The van der Waals surface area contributed by atoms with Gasteiger partial charge in [0.05, 0.1) is 11.3 Å². The molecule has 0 bridgehead atoms. The predicted octanol–water partition coefficient (Wildman–Crippen LogP) is 3.96. The molecule has 0 heterocycles. The highest BCUT2D eigenvalue weighted by Gasteiger charge is 2.22. The molecule has 0 fully saturated rings. The Labute approximate surface area is 155 Å². The minimum absolute atomic E-state index is 0.0945. The molecule has 2 amide bonds. The highest BCUT2D eigenvalue weighted by atomic mass is 16.5. The average Bonchev–Trinajstić information content (AvgIpc) is 2.68. The van der Waals surface area contributed by atoms with Crippen LogP contribution in [-0.2, 0) is 4.79 Å². The van der Waals surface area contributed by atoms with Gasteiger partial charge in [-0.25, -0.2) is 0 Å². The Kier molecular flexibility index (Phi) is 7.21. The maximum Gasteiger partial charge on any atom is 0.265 e. The molecule has 138 valence electrons. The number of ether oxygens (including phenoxy) is 1. The van der Waals surface area contributed by atoms with Crippen LogP contribution in [0.1, 0.15) is 37.6 Å². The molecule has 1 atom stereocenters. The standard InChI is InChI=1S/C21H26N2O3/c1-4-19(26-16-12-8-7-9-13-16)20(24)22-18-15-11-10-14-17(18)21(25)23(5-2)6-3/h7-15,19H,4-6H2,1-3H3,(H,22,24)/t19-/m1/s1. The summed E-state index contributed by atoms with van der Waals surface area (Å²) in [6, 6.07) is 16.3. The zero-order valence-electron chi connectivity index (χ0n) is 15.6. The van der Waals surface area contributed by atoms with Crippen LogP contribution in [0.4, 0.5) is 5.69 Å². The first-order valence-electron chi connectivity index (χ1n) is 9.01. The number of anilines is 1. The first kappa shape index (κ1) is 19.5. The quantitative estimate of drug-likeness (QED) is 0.780. The van der Waals surface area contributed by atoms with Crippen molar-refractivity contribution in [3.05, 3.63) is 60.2 Å². The highest BCUT2D eigenvalue weighted by molar-refractivity contribution is 6.04. The molecular formula is C21H26N2O3. The van der Waals surface area contributed by atoms with E-state index < -0.39 is 6.10 Å². The largest absolute Gasteiger partial charge is 0.481 e. The maximum absolute atomic E-state index is 12.7. The number of benzene rings is 2. The minimum atomic E-state index is -0.631. The number of amides is 2. The third kappa shape index (κ3) is 4.85. The van der Waals surface area contributed by atoms with Gasteiger partial charge in [0.15, 0.2) is 6.10 Å². The van der Waals surface area contributed by atoms with Crippen molar-refractivity contribution < 1.29 is 14.3 Å². The summed E-state index contributed by atoms with van der Waals surface area (Å²) in [5, 5.41) is 2.85. The lowest BCUT2D eigenvalue weighted by Crippen LogP contribution is -2.34. The van der Waals surface area contributed by atoms with Crippen LogP contribution in [0.15, 0.2) is 54.6 Å². The fourth-order valence-corrected chi connectivity index (χ4v) is 2.66. The summed E-state index contributed by atoms with van der Waals surface area (Å²) in [5.74, 6) is 0.279. The van der Waals surface area contributed by atoms with E-state index in [4.69, 9.17) is 4.74 Å². The van der Waals surface area contributed by atoms with Crippen molar-refractivity contribution in [1.29, 1.82) is 0 Å². The van der Waals surface area contributed by atoms with E-state index in [1.807, 2.05) is 51.1 Å². The van der Waals surface area contributed by atoms with Gasteiger partial charge in [-0.2, -0.15) is 0 Å². The van der Waals surface area contributed by atoms with Crippen molar-refractivity contribution in [1.82, 2.24) is 4.90 Å². The second-order valence-electron chi connectivity index (χ2n) is 5.84. The van der Waals surface area contributed by atoms with E-state index >= 15 is 0 Å². The Bertz CT molecular complexity index is 727. The minimum Gasteiger partial charge on any atom is -0.481 e. The van der Waals surface area contributed by atoms with E-state index in [0.29, 0.717) is 36.5 Å². The van der Waals surface area contributed by atoms with Crippen LogP contribution < -0.4 is 10.1 Å². The number of carbonyl (C=O) groups is 2. The van der Waals surface area contributed by atoms with Crippen LogP contribution in [0.2, 0.25) is 0 Å². The fraction of sp³-hybridized carbons (Fsp3) is 0.333. The van der Waals surface area contributed by atoms with Gasteiger partial charge in [-0.1, -0.05) is 37.3 Å². The summed E-state index contributed by atoms with van der Waals surface area (Å²) in [5.41, 5.74) is 0.989. The molecular weight excluding hydrogens is 328 g/mol. The molecule has 0 saturated heterocycles. The molecule has 0 aliphatic heterocycles. The predicted molar refractivity (Wildman–Crippen MR) is 103 cm³/mol. The van der Waals surface area contributed by atoms with Crippen molar-refractivity contribution >= 4 is 17.5 Å².